The number of halogens is 2. The highest BCUT2D eigenvalue weighted by atomic mass is 79.9. The van der Waals surface area contributed by atoms with Crippen LogP contribution >= 0.6 is 28.3 Å². The van der Waals surface area contributed by atoms with E-state index >= 15 is 0 Å². The van der Waals surface area contributed by atoms with Gasteiger partial charge in [-0.05, 0) is 43.6 Å². The van der Waals surface area contributed by atoms with Crippen molar-refractivity contribution in [1.29, 1.82) is 0 Å². The summed E-state index contributed by atoms with van der Waals surface area (Å²) >= 11 is 3.39. The third kappa shape index (κ3) is 4.59. The van der Waals surface area contributed by atoms with Gasteiger partial charge in [-0.3, -0.25) is 4.79 Å². The minimum Gasteiger partial charge on any atom is -0.352 e. The number of hydrogen-bond donors (Lipinski definition) is 2. The van der Waals surface area contributed by atoms with Crippen molar-refractivity contribution in [3.8, 4) is 0 Å². The number of carbonyl (C=O) groups is 1. The van der Waals surface area contributed by atoms with E-state index in [0.717, 1.165) is 36.0 Å². The minimum atomic E-state index is 0. The molecular weight excluding hydrogens is 316 g/mol. The average molecular weight is 334 g/mol. The fraction of sp³-hybridized carbons (Fsp3) is 0.462. The first-order valence-electron chi connectivity index (χ1n) is 5.98. The molecule has 18 heavy (non-hydrogen) atoms. The SMILES string of the molecule is Cl.O=C(NCc1ccc(Br)cc1)C1CCNCC1. The number of piperidine rings is 1. The maximum absolute atomic E-state index is 11.9. The van der Waals surface area contributed by atoms with Crippen molar-refractivity contribution in [2.75, 3.05) is 13.1 Å². The summed E-state index contributed by atoms with van der Waals surface area (Å²) in [6.45, 7) is 2.53. The Morgan fingerprint density at radius 1 is 1.28 bits per heavy atom. The predicted molar refractivity (Wildman–Crippen MR) is 78.8 cm³/mol. The molecule has 2 N–H and O–H groups in total. The van der Waals surface area contributed by atoms with Crippen LogP contribution in [0.4, 0.5) is 0 Å². The van der Waals surface area contributed by atoms with Gasteiger partial charge in [-0.25, -0.2) is 0 Å². The van der Waals surface area contributed by atoms with E-state index < -0.39 is 0 Å². The van der Waals surface area contributed by atoms with E-state index in [1.54, 1.807) is 0 Å². The molecule has 1 aliphatic rings. The molecule has 0 atom stereocenters. The van der Waals surface area contributed by atoms with Crippen molar-refractivity contribution in [3.63, 3.8) is 0 Å². The number of amides is 1. The number of carbonyl (C=O) groups excluding carboxylic acids is 1. The topological polar surface area (TPSA) is 41.1 Å². The number of nitrogens with one attached hydrogen (secondary N) is 2. The van der Waals surface area contributed by atoms with Crippen molar-refractivity contribution in [2.24, 2.45) is 5.92 Å². The van der Waals surface area contributed by atoms with Gasteiger partial charge in [-0.2, -0.15) is 0 Å². The molecule has 0 saturated carbocycles. The second-order valence-electron chi connectivity index (χ2n) is 4.37. The third-order valence-corrected chi connectivity index (χ3v) is 3.62. The zero-order chi connectivity index (χ0) is 12.1. The highest BCUT2D eigenvalue weighted by Crippen LogP contribution is 2.13. The predicted octanol–water partition coefficient (Wildman–Crippen LogP) is 2.49. The summed E-state index contributed by atoms with van der Waals surface area (Å²) in [4.78, 5) is 11.9. The van der Waals surface area contributed by atoms with E-state index in [2.05, 4.69) is 26.6 Å². The first-order chi connectivity index (χ1) is 8.25. The van der Waals surface area contributed by atoms with Crippen LogP contribution in [0.15, 0.2) is 28.7 Å². The van der Waals surface area contributed by atoms with Crippen LogP contribution in [0.2, 0.25) is 0 Å². The second kappa shape index (κ2) is 7.77. The quantitative estimate of drug-likeness (QED) is 0.892. The largest absolute Gasteiger partial charge is 0.352 e. The molecular formula is C13H18BrClN2O. The Labute approximate surface area is 122 Å². The molecule has 1 aliphatic heterocycles. The molecule has 1 amide bonds. The standard InChI is InChI=1S/C13H17BrN2O.ClH/c14-12-3-1-10(2-4-12)9-16-13(17)11-5-7-15-8-6-11;/h1-4,11,15H,5-9H2,(H,16,17);1H. The molecule has 1 aromatic carbocycles. The van der Waals surface area contributed by atoms with Gasteiger partial charge in [0.25, 0.3) is 0 Å². The maximum Gasteiger partial charge on any atom is 0.223 e. The van der Waals surface area contributed by atoms with E-state index in [-0.39, 0.29) is 24.2 Å². The zero-order valence-electron chi connectivity index (χ0n) is 10.1. The second-order valence-corrected chi connectivity index (χ2v) is 5.28. The van der Waals surface area contributed by atoms with Crippen LogP contribution in [0.5, 0.6) is 0 Å². The van der Waals surface area contributed by atoms with Crippen molar-refractivity contribution in [2.45, 2.75) is 19.4 Å². The Balaban J connectivity index is 0.00000162. The number of benzene rings is 1. The van der Waals surface area contributed by atoms with Gasteiger partial charge in [0.2, 0.25) is 5.91 Å². The lowest BCUT2D eigenvalue weighted by Gasteiger charge is -2.21. The number of rotatable bonds is 3. The smallest absolute Gasteiger partial charge is 0.223 e. The summed E-state index contributed by atoms with van der Waals surface area (Å²) in [5, 5.41) is 6.27. The first kappa shape index (κ1) is 15.5. The van der Waals surface area contributed by atoms with E-state index in [4.69, 9.17) is 0 Å². The highest BCUT2D eigenvalue weighted by Gasteiger charge is 2.20. The molecule has 0 unspecified atom stereocenters. The van der Waals surface area contributed by atoms with Crippen LogP contribution in [0.25, 0.3) is 0 Å². The molecule has 1 saturated heterocycles. The summed E-state index contributed by atoms with van der Waals surface area (Å²) < 4.78 is 1.06. The third-order valence-electron chi connectivity index (χ3n) is 3.09. The Kier molecular flexibility index (Phi) is 6.68. The van der Waals surface area contributed by atoms with Gasteiger partial charge in [0.05, 0.1) is 0 Å². The lowest BCUT2D eigenvalue weighted by Crippen LogP contribution is -2.37. The monoisotopic (exact) mass is 332 g/mol. The first-order valence-corrected chi connectivity index (χ1v) is 6.78. The molecule has 1 heterocycles. The van der Waals surface area contributed by atoms with Gasteiger partial charge in [0.15, 0.2) is 0 Å². The molecule has 0 aliphatic carbocycles. The van der Waals surface area contributed by atoms with Crippen LogP contribution in [-0.2, 0) is 11.3 Å². The van der Waals surface area contributed by atoms with Crippen LogP contribution in [0, 0.1) is 5.92 Å². The molecule has 0 spiro atoms. The molecule has 100 valence electrons. The summed E-state index contributed by atoms with van der Waals surface area (Å²) in [5.74, 6) is 0.376. The van der Waals surface area contributed by atoms with Crippen molar-refractivity contribution < 1.29 is 4.79 Å². The van der Waals surface area contributed by atoms with Crippen molar-refractivity contribution >= 4 is 34.2 Å². The summed E-state index contributed by atoms with van der Waals surface area (Å²) in [7, 11) is 0. The molecule has 0 aromatic heterocycles. The number of hydrogen-bond acceptors (Lipinski definition) is 2. The van der Waals surface area contributed by atoms with Crippen LogP contribution in [-0.4, -0.2) is 19.0 Å². The fourth-order valence-electron chi connectivity index (χ4n) is 2.02. The van der Waals surface area contributed by atoms with Gasteiger partial charge in [-0.15, -0.1) is 12.4 Å². The van der Waals surface area contributed by atoms with Crippen molar-refractivity contribution in [3.05, 3.63) is 34.3 Å². The summed E-state index contributed by atoms with van der Waals surface area (Å²) in [5.41, 5.74) is 1.13. The fourth-order valence-corrected chi connectivity index (χ4v) is 2.28. The molecule has 2 rings (SSSR count). The normalized spacial score (nSPS) is 15.8. The lowest BCUT2D eigenvalue weighted by atomic mass is 9.97. The summed E-state index contributed by atoms with van der Waals surface area (Å²) in [6, 6.07) is 8.03. The highest BCUT2D eigenvalue weighted by molar-refractivity contribution is 9.10. The Hall–Kier alpha value is -0.580. The van der Waals surface area contributed by atoms with Crippen LogP contribution < -0.4 is 10.6 Å². The van der Waals surface area contributed by atoms with E-state index in [1.807, 2.05) is 24.3 Å². The van der Waals surface area contributed by atoms with Gasteiger partial charge < -0.3 is 10.6 Å². The maximum atomic E-state index is 11.9. The minimum absolute atomic E-state index is 0. The van der Waals surface area contributed by atoms with Gasteiger partial charge in [-0.1, -0.05) is 28.1 Å². The van der Waals surface area contributed by atoms with E-state index in [0.29, 0.717) is 6.54 Å². The van der Waals surface area contributed by atoms with Gasteiger partial charge in [0.1, 0.15) is 0 Å². The Morgan fingerprint density at radius 3 is 2.50 bits per heavy atom. The van der Waals surface area contributed by atoms with Gasteiger partial charge >= 0.3 is 0 Å². The van der Waals surface area contributed by atoms with Crippen molar-refractivity contribution in [1.82, 2.24) is 10.6 Å². The molecule has 1 fully saturated rings. The Morgan fingerprint density at radius 2 is 1.89 bits per heavy atom. The zero-order valence-corrected chi connectivity index (χ0v) is 12.5. The molecule has 3 nitrogen and oxygen atoms in total. The summed E-state index contributed by atoms with van der Waals surface area (Å²) in [6.07, 6.45) is 1.90. The van der Waals surface area contributed by atoms with Gasteiger partial charge in [0, 0.05) is 16.9 Å². The van der Waals surface area contributed by atoms with Crippen LogP contribution in [0.3, 0.4) is 0 Å². The molecule has 0 radical (unpaired) electrons. The van der Waals surface area contributed by atoms with Crippen LogP contribution in [0.1, 0.15) is 18.4 Å². The Bertz CT molecular complexity index is 377. The molecule has 5 heteroatoms. The van der Waals surface area contributed by atoms with E-state index in [9.17, 15) is 4.79 Å². The molecule has 1 aromatic rings. The molecule has 0 bridgehead atoms. The average Bonchev–Trinajstić information content (AvgIpc) is 2.39. The van der Waals surface area contributed by atoms with E-state index in [1.165, 1.54) is 0 Å². The lowest BCUT2D eigenvalue weighted by molar-refractivity contribution is -0.125.